The number of benzene rings is 1. The van der Waals surface area contributed by atoms with Crippen molar-refractivity contribution >= 4 is 16.7 Å². The maximum Gasteiger partial charge on any atom is 0.270 e. The molecule has 0 unspecified atom stereocenters. The molecule has 138 valence electrons. The third-order valence-corrected chi connectivity index (χ3v) is 5.80. The SMILES string of the molecule is CC1CC(n2nnc3c2CN(C(=O)c2cc4ccccc4c(=O)[nH]2)CC3)C1. The summed E-state index contributed by atoms with van der Waals surface area (Å²) in [7, 11) is 0. The molecule has 1 fully saturated rings. The molecule has 3 aromatic rings. The molecule has 0 spiro atoms. The summed E-state index contributed by atoms with van der Waals surface area (Å²) in [6, 6.07) is 9.46. The lowest BCUT2D eigenvalue weighted by molar-refractivity contribution is 0.0717. The average Bonchev–Trinajstić information content (AvgIpc) is 3.07. The summed E-state index contributed by atoms with van der Waals surface area (Å²) in [5, 5.41) is 10.0. The highest BCUT2D eigenvalue weighted by Crippen LogP contribution is 2.38. The molecule has 2 aliphatic rings. The van der Waals surface area contributed by atoms with E-state index in [9.17, 15) is 9.59 Å². The zero-order valence-electron chi connectivity index (χ0n) is 15.2. The van der Waals surface area contributed by atoms with Gasteiger partial charge in [0.05, 0.1) is 24.0 Å². The van der Waals surface area contributed by atoms with Gasteiger partial charge in [0.25, 0.3) is 11.5 Å². The van der Waals surface area contributed by atoms with Crippen molar-refractivity contribution < 1.29 is 4.79 Å². The van der Waals surface area contributed by atoms with Gasteiger partial charge in [0, 0.05) is 18.4 Å². The van der Waals surface area contributed by atoms with Gasteiger partial charge in [-0.25, -0.2) is 4.68 Å². The highest BCUT2D eigenvalue weighted by atomic mass is 16.2. The molecule has 7 nitrogen and oxygen atoms in total. The van der Waals surface area contributed by atoms with Crippen LogP contribution >= 0.6 is 0 Å². The van der Waals surface area contributed by atoms with Crippen molar-refractivity contribution in [2.24, 2.45) is 5.92 Å². The van der Waals surface area contributed by atoms with Crippen LogP contribution in [0.15, 0.2) is 35.1 Å². The summed E-state index contributed by atoms with van der Waals surface area (Å²) in [5.41, 5.74) is 2.13. The highest BCUT2D eigenvalue weighted by molar-refractivity contribution is 5.96. The Balaban J connectivity index is 1.44. The van der Waals surface area contributed by atoms with E-state index in [-0.39, 0.29) is 11.5 Å². The van der Waals surface area contributed by atoms with E-state index in [0.29, 0.717) is 36.6 Å². The fourth-order valence-electron chi connectivity index (χ4n) is 4.23. The first-order valence-electron chi connectivity index (χ1n) is 9.44. The molecule has 5 rings (SSSR count). The van der Waals surface area contributed by atoms with E-state index in [1.165, 1.54) is 0 Å². The van der Waals surface area contributed by atoms with E-state index in [2.05, 4.69) is 22.2 Å². The second-order valence-electron chi connectivity index (χ2n) is 7.73. The number of rotatable bonds is 2. The predicted octanol–water partition coefficient (Wildman–Crippen LogP) is 2.29. The second-order valence-corrected chi connectivity index (χ2v) is 7.73. The first-order chi connectivity index (χ1) is 13.1. The monoisotopic (exact) mass is 363 g/mol. The number of carbonyl (C=O) groups is 1. The number of aromatic nitrogens is 4. The van der Waals surface area contributed by atoms with Gasteiger partial charge in [0.1, 0.15) is 5.69 Å². The maximum absolute atomic E-state index is 13.0. The van der Waals surface area contributed by atoms with Gasteiger partial charge in [-0.2, -0.15) is 0 Å². The van der Waals surface area contributed by atoms with Gasteiger partial charge in [-0.3, -0.25) is 9.59 Å². The van der Waals surface area contributed by atoms with E-state index < -0.39 is 0 Å². The van der Waals surface area contributed by atoms with Gasteiger partial charge >= 0.3 is 0 Å². The van der Waals surface area contributed by atoms with Crippen molar-refractivity contribution in [1.29, 1.82) is 0 Å². The van der Waals surface area contributed by atoms with E-state index >= 15 is 0 Å². The number of aromatic amines is 1. The van der Waals surface area contributed by atoms with Crippen LogP contribution in [0.2, 0.25) is 0 Å². The number of amides is 1. The molecule has 1 amide bonds. The van der Waals surface area contributed by atoms with Crippen LogP contribution in [0.1, 0.15) is 47.7 Å². The molecule has 0 bridgehead atoms. The average molecular weight is 363 g/mol. The van der Waals surface area contributed by atoms with Crippen LogP contribution in [0.5, 0.6) is 0 Å². The number of pyridine rings is 1. The summed E-state index contributed by atoms with van der Waals surface area (Å²) in [4.78, 5) is 29.9. The van der Waals surface area contributed by atoms with Crippen LogP contribution in [0, 0.1) is 5.92 Å². The lowest BCUT2D eigenvalue weighted by atomic mass is 9.82. The summed E-state index contributed by atoms with van der Waals surface area (Å²) >= 11 is 0. The number of H-pyrrole nitrogens is 1. The molecule has 1 aromatic carbocycles. The number of fused-ring (bicyclic) bond motifs is 2. The quantitative estimate of drug-likeness (QED) is 0.757. The van der Waals surface area contributed by atoms with Crippen LogP contribution < -0.4 is 5.56 Å². The number of carbonyl (C=O) groups excluding carboxylic acids is 1. The minimum absolute atomic E-state index is 0.154. The van der Waals surface area contributed by atoms with Gasteiger partial charge in [0.2, 0.25) is 0 Å². The van der Waals surface area contributed by atoms with Gasteiger partial charge in [-0.05, 0) is 36.3 Å². The number of hydrogen-bond acceptors (Lipinski definition) is 4. The first kappa shape index (κ1) is 16.2. The Bertz CT molecular complexity index is 1090. The summed E-state index contributed by atoms with van der Waals surface area (Å²) in [6.45, 7) is 3.31. The van der Waals surface area contributed by atoms with Crippen molar-refractivity contribution in [3.63, 3.8) is 0 Å². The molecule has 0 atom stereocenters. The number of hydrogen-bond donors (Lipinski definition) is 1. The molecular weight excluding hydrogens is 342 g/mol. The molecule has 1 aliphatic carbocycles. The third-order valence-electron chi connectivity index (χ3n) is 5.80. The predicted molar refractivity (Wildman–Crippen MR) is 100 cm³/mol. The second kappa shape index (κ2) is 6.04. The Labute approximate surface area is 156 Å². The van der Waals surface area contributed by atoms with Crippen molar-refractivity contribution in [3.05, 3.63) is 57.8 Å². The number of nitrogens with zero attached hydrogens (tertiary/aromatic N) is 4. The van der Waals surface area contributed by atoms with Crippen LogP contribution in [0.3, 0.4) is 0 Å². The molecule has 1 aliphatic heterocycles. The summed E-state index contributed by atoms with van der Waals surface area (Å²) in [5.74, 6) is 0.567. The van der Waals surface area contributed by atoms with Crippen molar-refractivity contribution in [2.75, 3.05) is 6.54 Å². The first-order valence-corrected chi connectivity index (χ1v) is 9.44. The minimum Gasteiger partial charge on any atom is -0.331 e. The molecule has 27 heavy (non-hydrogen) atoms. The Kier molecular flexibility index (Phi) is 3.63. The topological polar surface area (TPSA) is 83.9 Å². The van der Waals surface area contributed by atoms with Crippen LogP contribution in [0.4, 0.5) is 0 Å². The normalized spacial score (nSPS) is 21.7. The summed E-state index contributed by atoms with van der Waals surface area (Å²) in [6.07, 6.45) is 2.92. The third kappa shape index (κ3) is 2.65. The van der Waals surface area contributed by atoms with Crippen LogP contribution in [-0.2, 0) is 13.0 Å². The van der Waals surface area contributed by atoms with E-state index in [0.717, 1.165) is 35.5 Å². The Morgan fingerprint density at radius 3 is 2.89 bits per heavy atom. The molecule has 7 heteroatoms. The maximum atomic E-state index is 13.0. The molecule has 1 N–H and O–H groups in total. The zero-order valence-corrected chi connectivity index (χ0v) is 15.2. The van der Waals surface area contributed by atoms with E-state index in [4.69, 9.17) is 0 Å². The molecule has 0 radical (unpaired) electrons. The Morgan fingerprint density at radius 2 is 2.07 bits per heavy atom. The van der Waals surface area contributed by atoms with Gasteiger partial charge < -0.3 is 9.88 Å². The van der Waals surface area contributed by atoms with Crippen LogP contribution in [0.25, 0.3) is 10.8 Å². The van der Waals surface area contributed by atoms with Crippen molar-refractivity contribution in [3.8, 4) is 0 Å². The number of nitrogens with one attached hydrogen (secondary N) is 1. The smallest absolute Gasteiger partial charge is 0.270 e. The fraction of sp³-hybridized carbons (Fsp3) is 0.400. The standard InChI is InChI=1S/C20H21N5O2/c1-12-8-14(9-12)25-18-11-24(7-6-16(18)22-23-25)20(27)17-10-13-4-2-3-5-15(13)19(26)21-17/h2-5,10,12,14H,6-9,11H2,1H3,(H,21,26). The van der Waals surface area contributed by atoms with Crippen LogP contribution in [-0.4, -0.2) is 37.3 Å². The fourth-order valence-corrected chi connectivity index (χ4v) is 4.23. The van der Waals surface area contributed by atoms with Gasteiger partial charge in [-0.1, -0.05) is 30.3 Å². The van der Waals surface area contributed by atoms with Crippen molar-refractivity contribution in [2.45, 2.75) is 38.8 Å². The Hall–Kier alpha value is -2.96. The zero-order chi connectivity index (χ0) is 18.5. The lowest BCUT2D eigenvalue weighted by Gasteiger charge is -2.35. The highest BCUT2D eigenvalue weighted by Gasteiger charge is 2.33. The van der Waals surface area contributed by atoms with E-state index in [1.54, 1.807) is 17.0 Å². The Morgan fingerprint density at radius 1 is 1.26 bits per heavy atom. The summed E-state index contributed by atoms with van der Waals surface area (Å²) < 4.78 is 2.01. The molecule has 0 saturated heterocycles. The molecule has 2 aromatic heterocycles. The minimum atomic E-state index is -0.232. The van der Waals surface area contributed by atoms with Gasteiger partial charge in [-0.15, -0.1) is 5.10 Å². The molecule has 3 heterocycles. The van der Waals surface area contributed by atoms with E-state index in [1.807, 2.05) is 22.9 Å². The molecular formula is C20H21N5O2. The van der Waals surface area contributed by atoms with Crippen molar-refractivity contribution in [1.82, 2.24) is 24.9 Å². The van der Waals surface area contributed by atoms with Gasteiger partial charge in [0.15, 0.2) is 0 Å². The largest absolute Gasteiger partial charge is 0.331 e. The lowest BCUT2D eigenvalue weighted by Crippen LogP contribution is -2.39. The molecule has 1 saturated carbocycles.